The second-order valence-corrected chi connectivity index (χ2v) is 16.6. The molecule has 9 aromatic carbocycles. The van der Waals surface area contributed by atoms with Gasteiger partial charge in [-0.1, -0.05) is 170 Å². The number of nitrogens with zero attached hydrogens (tertiary/aromatic N) is 1. The predicted octanol–water partition coefficient (Wildman–Crippen LogP) is 16.6. The van der Waals surface area contributed by atoms with Gasteiger partial charge in [-0.3, -0.25) is 0 Å². The van der Waals surface area contributed by atoms with E-state index in [9.17, 15) is 0 Å². The normalized spacial score (nSPS) is 11.5. The molecule has 0 radical (unpaired) electrons. The van der Waals surface area contributed by atoms with Gasteiger partial charge >= 0.3 is 0 Å². The Bertz CT molecular complexity index is 3200. The molecule has 0 aliphatic rings. The zero-order valence-corrected chi connectivity index (χ0v) is 32.6. The fourth-order valence-corrected chi connectivity index (χ4v) is 10.8. The van der Waals surface area contributed by atoms with Crippen molar-refractivity contribution in [3.8, 4) is 44.5 Å². The van der Waals surface area contributed by atoms with Crippen LogP contribution >= 0.6 is 22.7 Å². The molecule has 1 nitrogen and oxygen atoms in total. The predicted molar refractivity (Wildman–Crippen MR) is 249 cm³/mol. The van der Waals surface area contributed by atoms with Crippen molar-refractivity contribution in [3.63, 3.8) is 0 Å². The van der Waals surface area contributed by atoms with Crippen molar-refractivity contribution in [2.45, 2.75) is 0 Å². The van der Waals surface area contributed by atoms with Gasteiger partial charge < -0.3 is 4.90 Å². The molecule has 0 unspecified atom stereocenters. The van der Waals surface area contributed by atoms with Gasteiger partial charge in [0.05, 0.1) is 10.4 Å². The Hall–Kier alpha value is -6.78. The zero-order chi connectivity index (χ0) is 37.7. The molecule has 0 bridgehead atoms. The van der Waals surface area contributed by atoms with E-state index in [2.05, 4.69) is 217 Å². The molecular formula is C54H35NS2. The second-order valence-electron chi connectivity index (χ2n) is 14.5. The van der Waals surface area contributed by atoms with Crippen LogP contribution in [0.5, 0.6) is 0 Å². The van der Waals surface area contributed by atoms with Crippen LogP contribution in [0.15, 0.2) is 212 Å². The topological polar surface area (TPSA) is 3.24 Å². The Labute approximate surface area is 340 Å². The molecule has 2 heterocycles. The molecule has 0 aliphatic carbocycles. The van der Waals surface area contributed by atoms with Gasteiger partial charge in [0, 0.05) is 52.6 Å². The standard InChI is InChI=1S/C54H35NS2/c1-4-13-36(14-5-1)37-23-28-42(29-24-37)55(52-44(39-15-6-2-7-16-39)32-33-48-46-19-10-11-22-50(46)57-54(48)52)43-30-25-38(26-31-43)41-27-34-51-49(35-41)47-21-12-20-45(53(47)56-51)40-17-8-3-9-18-40/h1-35H. The van der Waals surface area contributed by atoms with Crippen LogP contribution in [0.1, 0.15) is 0 Å². The summed E-state index contributed by atoms with van der Waals surface area (Å²) in [4.78, 5) is 2.47. The van der Waals surface area contributed by atoms with E-state index in [1.165, 1.54) is 90.5 Å². The minimum Gasteiger partial charge on any atom is -0.308 e. The minimum absolute atomic E-state index is 1.11. The fraction of sp³-hybridized carbons (Fsp3) is 0. The van der Waals surface area contributed by atoms with E-state index in [4.69, 9.17) is 0 Å². The second kappa shape index (κ2) is 14.1. The highest BCUT2D eigenvalue weighted by Crippen LogP contribution is 2.50. The van der Waals surface area contributed by atoms with Crippen molar-refractivity contribution in [2.75, 3.05) is 4.90 Å². The largest absolute Gasteiger partial charge is 0.308 e. The summed E-state index contributed by atoms with van der Waals surface area (Å²) in [6, 6.07) is 77.5. The van der Waals surface area contributed by atoms with Crippen molar-refractivity contribution in [2.24, 2.45) is 0 Å². The quantitative estimate of drug-likeness (QED) is 0.156. The molecule has 0 aliphatic heterocycles. The lowest BCUT2D eigenvalue weighted by Crippen LogP contribution is -2.11. The van der Waals surface area contributed by atoms with Crippen LogP contribution < -0.4 is 4.90 Å². The highest BCUT2D eigenvalue weighted by atomic mass is 32.1. The summed E-state index contributed by atoms with van der Waals surface area (Å²) in [5, 5.41) is 5.18. The summed E-state index contributed by atoms with van der Waals surface area (Å²) in [7, 11) is 0. The third-order valence-corrected chi connectivity index (χ3v) is 13.5. The van der Waals surface area contributed by atoms with Gasteiger partial charge in [-0.2, -0.15) is 0 Å². The van der Waals surface area contributed by atoms with Crippen LogP contribution in [0.25, 0.3) is 84.9 Å². The Morgan fingerprint density at radius 2 is 0.772 bits per heavy atom. The van der Waals surface area contributed by atoms with Crippen LogP contribution in [-0.2, 0) is 0 Å². The summed E-state index contributed by atoms with van der Waals surface area (Å²) in [5.41, 5.74) is 13.2. The Morgan fingerprint density at radius 3 is 1.46 bits per heavy atom. The van der Waals surface area contributed by atoms with E-state index in [0.29, 0.717) is 0 Å². The van der Waals surface area contributed by atoms with Crippen LogP contribution in [0.4, 0.5) is 17.1 Å². The van der Waals surface area contributed by atoms with Crippen LogP contribution in [-0.4, -0.2) is 0 Å². The van der Waals surface area contributed by atoms with Gasteiger partial charge in [0.25, 0.3) is 0 Å². The number of hydrogen-bond donors (Lipinski definition) is 0. The maximum absolute atomic E-state index is 2.47. The summed E-state index contributed by atoms with van der Waals surface area (Å²) in [6.45, 7) is 0. The molecule has 11 rings (SSSR count). The van der Waals surface area contributed by atoms with E-state index in [1.807, 2.05) is 22.7 Å². The lowest BCUT2D eigenvalue weighted by atomic mass is 9.98. The first-order chi connectivity index (χ1) is 28.3. The average molecular weight is 762 g/mol. The van der Waals surface area contributed by atoms with Crippen LogP contribution in [0.3, 0.4) is 0 Å². The van der Waals surface area contributed by atoms with Gasteiger partial charge in [0.1, 0.15) is 0 Å². The van der Waals surface area contributed by atoms with E-state index in [1.54, 1.807) is 0 Å². The Kier molecular flexibility index (Phi) is 8.28. The number of hydrogen-bond acceptors (Lipinski definition) is 3. The monoisotopic (exact) mass is 761 g/mol. The summed E-state index contributed by atoms with van der Waals surface area (Å²) in [5.74, 6) is 0. The third-order valence-electron chi connectivity index (χ3n) is 11.1. The number of benzene rings is 9. The fourth-order valence-electron chi connectivity index (χ4n) is 8.31. The highest BCUT2D eigenvalue weighted by molar-refractivity contribution is 7.26. The third kappa shape index (κ3) is 5.91. The summed E-state index contributed by atoms with van der Waals surface area (Å²) < 4.78 is 5.22. The van der Waals surface area contributed by atoms with Gasteiger partial charge in [0.2, 0.25) is 0 Å². The van der Waals surface area contributed by atoms with E-state index in [0.717, 1.165) is 11.4 Å². The van der Waals surface area contributed by atoms with E-state index in [-0.39, 0.29) is 0 Å². The number of fused-ring (bicyclic) bond motifs is 6. The van der Waals surface area contributed by atoms with Crippen molar-refractivity contribution < 1.29 is 0 Å². The lowest BCUT2D eigenvalue weighted by molar-refractivity contribution is 1.30. The molecule has 0 saturated heterocycles. The molecule has 268 valence electrons. The maximum atomic E-state index is 2.47. The van der Waals surface area contributed by atoms with Gasteiger partial charge in [0.15, 0.2) is 0 Å². The molecule has 2 aromatic heterocycles. The van der Waals surface area contributed by atoms with Crippen molar-refractivity contribution in [1.29, 1.82) is 0 Å². The Morgan fingerprint density at radius 1 is 0.281 bits per heavy atom. The molecular weight excluding hydrogens is 727 g/mol. The molecule has 57 heavy (non-hydrogen) atoms. The molecule has 0 spiro atoms. The lowest BCUT2D eigenvalue weighted by Gasteiger charge is -2.29. The molecule has 3 heteroatoms. The molecule has 0 atom stereocenters. The van der Waals surface area contributed by atoms with Crippen molar-refractivity contribution in [1.82, 2.24) is 0 Å². The van der Waals surface area contributed by atoms with Gasteiger partial charge in [-0.25, -0.2) is 0 Å². The van der Waals surface area contributed by atoms with Crippen molar-refractivity contribution >= 4 is 80.1 Å². The SMILES string of the molecule is c1ccc(-c2ccc(N(c3ccc(-c4ccc5sc6c(-c7ccccc7)cccc6c5c4)cc3)c3c(-c4ccccc4)ccc4c3sc3ccccc34)cc2)cc1. The van der Waals surface area contributed by atoms with Crippen molar-refractivity contribution in [3.05, 3.63) is 212 Å². The Balaban J connectivity index is 1.07. The minimum atomic E-state index is 1.11. The number of anilines is 3. The molecule has 0 amide bonds. The number of thiophene rings is 2. The molecule has 11 aromatic rings. The van der Waals surface area contributed by atoms with E-state index < -0.39 is 0 Å². The first-order valence-electron chi connectivity index (χ1n) is 19.3. The highest BCUT2D eigenvalue weighted by Gasteiger charge is 2.23. The van der Waals surface area contributed by atoms with E-state index >= 15 is 0 Å². The molecule has 0 fully saturated rings. The zero-order valence-electron chi connectivity index (χ0n) is 31.0. The van der Waals surface area contributed by atoms with Gasteiger partial charge in [-0.05, 0) is 81.4 Å². The summed E-state index contributed by atoms with van der Waals surface area (Å²) in [6.07, 6.45) is 0. The first-order valence-corrected chi connectivity index (χ1v) is 21.0. The van der Waals surface area contributed by atoms with Crippen LogP contribution in [0, 0.1) is 0 Å². The first kappa shape index (κ1) is 33.5. The summed E-state index contributed by atoms with van der Waals surface area (Å²) >= 11 is 3.76. The van der Waals surface area contributed by atoms with Crippen LogP contribution in [0.2, 0.25) is 0 Å². The smallest absolute Gasteiger partial charge is 0.0718 e. The number of rotatable bonds is 7. The maximum Gasteiger partial charge on any atom is 0.0718 e. The van der Waals surface area contributed by atoms with Gasteiger partial charge in [-0.15, -0.1) is 22.7 Å². The molecule has 0 saturated carbocycles. The average Bonchev–Trinajstić information content (AvgIpc) is 3.86. The molecule has 0 N–H and O–H groups in total.